The number of carbonyl (C=O) groups excluding carboxylic acids is 1. The van der Waals surface area contributed by atoms with Crippen LogP contribution in [0, 0.1) is 0 Å². The van der Waals surface area contributed by atoms with E-state index >= 15 is 0 Å². The number of anilines is 1. The van der Waals surface area contributed by atoms with Crippen molar-refractivity contribution in [3.8, 4) is 0 Å². The maximum Gasteiger partial charge on any atom is 0.255 e. The largest absolute Gasteiger partial charge is 0.398 e. The van der Waals surface area contributed by atoms with Gasteiger partial charge in [-0.05, 0) is 33.6 Å². The lowest BCUT2D eigenvalue weighted by molar-refractivity contribution is 0.0785. The van der Waals surface area contributed by atoms with Crippen LogP contribution in [-0.2, 0) is 6.54 Å². The lowest BCUT2D eigenvalue weighted by Gasteiger charge is -2.18. The van der Waals surface area contributed by atoms with E-state index in [-0.39, 0.29) is 5.91 Å². The maximum absolute atomic E-state index is 12.2. The quantitative estimate of drug-likeness (QED) is 0.885. The number of carbonyl (C=O) groups is 1. The molecule has 0 aliphatic heterocycles. The van der Waals surface area contributed by atoms with Gasteiger partial charge in [0.05, 0.1) is 5.56 Å². The van der Waals surface area contributed by atoms with Gasteiger partial charge in [0.2, 0.25) is 0 Å². The summed E-state index contributed by atoms with van der Waals surface area (Å²) in [5, 5.41) is 0. The Morgan fingerprint density at radius 2 is 2.11 bits per heavy atom. The Morgan fingerprint density at radius 3 is 2.79 bits per heavy atom. The number of benzene rings is 1. The van der Waals surface area contributed by atoms with Crippen molar-refractivity contribution in [3.63, 3.8) is 0 Å². The molecule has 5 heteroatoms. The van der Waals surface area contributed by atoms with Gasteiger partial charge in [-0.2, -0.15) is 0 Å². The summed E-state index contributed by atoms with van der Waals surface area (Å²) in [6.45, 7) is 0.470. The zero-order valence-corrected chi connectivity index (χ0v) is 12.1. The molecule has 0 fully saturated rings. The molecule has 1 heterocycles. The second-order valence-electron chi connectivity index (χ2n) is 4.25. The number of rotatable bonds is 3. The van der Waals surface area contributed by atoms with Gasteiger partial charge in [0.1, 0.15) is 0 Å². The van der Waals surface area contributed by atoms with Gasteiger partial charge in [-0.25, -0.2) is 0 Å². The molecule has 0 aliphatic rings. The van der Waals surface area contributed by atoms with Gasteiger partial charge < -0.3 is 10.6 Å². The third kappa shape index (κ3) is 3.32. The second-order valence-corrected chi connectivity index (χ2v) is 5.17. The number of pyridine rings is 1. The normalized spacial score (nSPS) is 10.2. The van der Waals surface area contributed by atoms with Crippen molar-refractivity contribution in [3.05, 3.63) is 58.3 Å². The Morgan fingerprint density at radius 1 is 1.37 bits per heavy atom. The summed E-state index contributed by atoms with van der Waals surface area (Å²) in [5.41, 5.74) is 8.04. The van der Waals surface area contributed by atoms with Crippen molar-refractivity contribution in [2.24, 2.45) is 0 Å². The van der Waals surface area contributed by atoms with E-state index in [9.17, 15) is 4.79 Å². The van der Waals surface area contributed by atoms with Gasteiger partial charge in [-0.15, -0.1) is 0 Å². The predicted molar refractivity (Wildman–Crippen MR) is 78.6 cm³/mol. The molecule has 0 unspecified atom stereocenters. The SMILES string of the molecule is CN(Cc1ccccc1N)C(=O)c1cncc(Br)c1. The Kier molecular flexibility index (Phi) is 4.16. The monoisotopic (exact) mass is 319 g/mol. The third-order valence-corrected chi connectivity index (χ3v) is 3.19. The van der Waals surface area contributed by atoms with Crippen LogP contribution in [0.2, 0.25) is 0 Å². The molecule has 2 rings (SSSR count). The molecule has 2 N–H and O–H groups in total. The van der Waals surface area contributed by atoms with E-state index in [1.165, 1.54) is 0 Å². The molecule has 2 aromatic rings. The molecule has 4 nitrogen and oxygen atoms in total. The van der Waals surface area contributed by atoms with E-state index in [4.69, 9.17) is 5.73 Å². The smallest absolute Gasteiger partial charge is 0.255 e. The third-order valence-electron chi connectivity index (χ3n) is 2.76. The van der Waals surface area contributed by atoms with Crippen molar-refractivity contribution in [2.45, 2.75) is 6.54 Å². The van der Waals surface area contributed by atoms with E-state index in [0.29, 0.717) is 17.8 Å². The van der Waals surface area contributed by atoms with Crippen molar-refractivity contribution in [1.29, 1.82) is 0 Å². The number of hydrogen-bond donors (Lipinski definition) is 1. The molecule has 19 heavy (non-hydrogen) atoms. The molecule has 1 amide bonds. The Labute approximate surface area is 120 Å². The highest BCUT2D eigenvalue weighted by atomic mass is 79.9. The van der Waals surface area contributed by atoms with E-state index < -0.39 is 0 Å². The number of amides is 1. The number of nitrogens with two attached hydrogens (primary N) is 1. The van der Waals surface area contributed by atoms with E-state index in [0.717, 1.165) is 10.0 Å². The lowest BCUT2D eigenvalue weighted by Crippen LogP contribution is -2.26. The Hall–Kier alpha value is -1.88. The number of hydrogen-bond acceptors (Lipinski definition) is 3. The molecule has 0 saturated carbocycles. The van der Waals surface area contributed by atoms with Gasteiger partial charge in [-0.1, -0.05) is 18.2 Å². The summed E-state index contributed by atoms with van der Waals surface area (Å²) >= 11 is 3.30. The fourth-order valence-electron chi connectivity index (χ4n) is 1.75. The van der Waals surface area contributed by atoms with Crippen molar-refractivity contribution in [2.75, 3.05) is 12.8 Å². The first-order chi connectivity index (χ1) is 9.08. The molecule has 0 atom stereocenters. The van der Waals surface area contributed by atoms with Crippen LogP contribution in [-0.4, -0.2) is 22.8 Å². The average Bonchev–Trinajstić information content (AvgIpc) is 2.40. The maximum atomic E-state index is 12.2. The molecule has 0 aliphatic carbocycles. The molecule has 1 aromatic carbocycles. The van der Waals surface area contributed by atoms with Gasteiger partial charge in [0.15, 0.2) is 0 Å². The highest BCUT2D eigenvalue weighted by Crippen LogP contribution is 2.15. The summed E-state index contributed by atoms with van der Waals surface area (Å²) in [5.74, 6) is -0.0861. The summed E-state index contributed by atoms with van der Waals surface area (Å²) in [6, 6.07) is 9.27. The van der Waals surface area contributed by atoms with Crippen LogP contribution in [0.4, 0.5) is 5.69 Å². The van der Waals surface area contributed by atoms with Gasteiger partial charge in [0, 0.05) is 36.1 Å². The molecule has 0 radical (unpaired) electrons. The highest BCUT2D eigenvalue weighted by molar-refractivity contribution is 9.10. The minimum Gasteiger partial charge on any atom is -0.398 e. The molecule has 0 bridgehead atoms. The van der Waals surface area contributed by atoms with Crippen LogP contribution in [0.25, 0.3) is 0 Å². The highest BCUT2D eigenvalue weighted by Gasteiger charge is 2.13. The van der Waals surface area contributed by atoms with E-state index in [1.807, 2.05) is 24.3 Å². The topological polar surface area (TPSA) is 59.2 Å². The van der Waals surface area contributed by atoms with E-state index in [1.54, 1.807) is 30.4 Å². The number of nitrogen functional groups attached to an aromatic ring is 1. The summed E-state index contributed by atoms with van der Waals surface area (Å²) < 4.78 is 0.783. The number of nitrogens with zero attached hydrogens (tertiary/aromatic N) is 2. The molecule has 0 saturated heterocycles. The van der Waals surface area contributed by atoms with Crippen LogP contribution < -0.4 is 5.73 Å². The number of para-hydroxylation sites is 1. The van der Waals surface area contributed by atoms with Crippen LogP contribution in [0.15, 0.2) is 47.2 Å². The van der Waals surface area contributed by atoms with Crippen LogP contribution in [0.1, 0.15) is 15.9 Å². The van der Waals surface area contributed by atoms with E-state index in [2.05, 4.69) is 20.9 Å². The number of aromatic nitrogens is 1. The van der Waals surface area contributed by atoms with Crippen molar-refractivity contribution >= 4 is 27.5 Å². The Balaban J connectivity index is 2.14. The predicted octanol–water partition coefficient (Wildman–Crippen LogP) is 2.70. The fourth-order valence-corrected chi connectivity index (χ4v) is 2.12. The average molecular weight is 320 g/mol. The first-order valence-electron chi connectivity index (χ1n) is 5.77. The zero-order chi connectivity index (χ0) is 13.8. The minimum absolute atomic E-state index is 0.0861. The molecule has 1 aromatic heterocycles. The standard InChI is InChI=1S/C14H14BrN3O/c1-18(9-10-4-2-3-5-13(10)16)14(19)11-6-12(15)8-17-7-11/h2-8H,9,16H2,1H3. The fraction of sp³-hybridized carbons (Fsp3) is 0.143. The molecular formula is C14H14BrN3O. The van der Waals surface area contributed by atoms with Crippen molar-refractivity contribution < 1.29 is 4.79 Å². The molecule has 98 valence electrons. The number of halogens is 1. The van der Waals surface area contributed by atoms with Crippen LogP contribution in [0.5, 0.6) is 0 Å². The molecule has 0 spiro atoms. The molecular weight excluding hydrogens is 306 g/mol. The summed E-state index contributed by atoms with van der Waals surface area (Å²) in [4.78, 5) is 17.9. The second kappa shape index (κ2) is 5.84. The zero-order valence-electron chi connectivity index (χ0n) is 10.5. The van der Waals surface area contributed by atoms with Crippen LogP contribution >= 0.6 is 15.9 Å². The first kappa shape index (κ1) is 13.5. The van der Waals surface area contributed by atoms with Gasteiger partial charge in [0.25, 0.3) is 5.91 Å². The first-order valence-corrected chi connectivity index (χ1v) is 6.56. The van der Waals surface area contributed by atoms with Crippen LogP contribution in [0.3, 0.4) is 0 Å². The van der Waals surface area contributed by atoms with Crippen molar-refractivity contribution in [1.82, 2.24) is 9.88 Å². The Bertz CT molecular complexity index is 601. The summed E-state index contributed by atoms with van der Waals surface area (Å²) in [6.07, 6.45) is 3.20. The van der Waals surface area contributed by atoms with Gasteiger partial charge >= 0.3 is 0 Å². The summed E-state index contributed by atoms with van der Waals surface area (Å²) in [7, 11) is 1.75. The minimum atomic E-state index is -0.0861. The lowest BCUT2D eigenvalue weighted by atomic mass is 10.1. The van der Waals surface area contributed by atoms with Gasteiger partial charge in [-0.3, -0.25) is 9.78 Å².